The normalized spacial score (nSPS) is 10.5. The van der Waals surface area contributed by atoms with Gasteiger partial charge in [0.1, 0.15) is 10.8 Å². The number of hydrogen-bond acceptors (Lipinski definition) is 5. The third-order valence-corrected chi connectivity index (χ3v) is 5.11. The van der Waals surface area contributed by atoms with Crippen molar-refractivity contribution in [3.8, 4) is 22.1 Å². The number of nitrogens with one attached hydrogen (secondary N) is 1. The van der Waals surface area contributed by atoms with Crippen molar-refractivity contribution < 1.29 is 18.7 Å². The molecule has 0 aliphatic rings. The topological polar surface area (TPSA) is 60.5 Å². The lowest BCUT2D eigenvalue weighted by Gasteiger charge is -2.08. The molecule has 0 atom stereocenters. The molecule has 0 saturated heterocycles. The van der Waals surface area contributed by atoms with Crippen molar-refractivity contribution in [1.82, 2.24) is 10.3 Å². The molecule has 1 N–H and O–H groups in total. The third-order valence-electron chi connectivity index (χ3n) is 4.17. The van der Waals surface area contributed by atoms with E-state index in [1.807, 2.05) is 23.6 Å². The highest BCUT2D eigenvalue weighted by molar-refractivity contribution is 7.13. The first-order valence-corrected chi connectivity index (χ1v) is 9.65. The molecule has 0 saturated carbocycles. The van der Waals surface area contributed by atoms with Gasteiger partial charge < -0.3 is 14.8 Å². The van der Waals surface area contributed by atoms with Gasteiger partial charge in [0.05, 0.1) is 26.3 Å². The predicted octanol–water partition coefficient (Wildman–Crippen LogP) is 3.87. The number of rotatable bonds is 8. The van der Waals surface area contributed by atoms with E-state index in [0.717, 1.165) is 16.1 Å². The molecule has 2 aromatic carbocycles. The molecule has 0 bridgehead atoms. The number of benzene rings is 2. The fourth-order valence-corrected chi connectivity index (χ4v) is 3.53. The second-order valence-corrected chi connectivity index (χ2v) is 6.98. The maximum Gasteiger partial charge on any atom is 0.226 e. The van der Waals surface area contributed by atoms with Crippen molar-refractivity contribution in [3.63, 3.8) is 0 Å². The summed E-state index contributed by atoms with van der Waals surface area (Å²) in [5, 5.41) is 5.57. The number of methoxy groups -OCH3 is 2. The molecule has 3 aromatic rings. The number of hydrogen-bond donors (Lipinski definition) is 1. The van der Waals surface area contributed by atoms with Crippen molar-refractivity contribution in [2.45, 2.75) is 12.8 Å². The van der Waals surface area contributed by atoms with Crippen LogP contribution in [-0.4, -0.2) is 31.7 Å². The molecule has 146 valence electrons. The molecule has 0 fully saturated rings. The fraction of sp³-hybridized carbons (Fsp3) is 0.238. The van der Waals surface area contributed by atoms with E-state index in [1.165, 1.54) is 23.5 Å². The number of carbonyl (C=O) groups excluding carboxylic acids is 1. The lowest BCUT2D eigenvalue weighted by Crippen LogP contribution is -2.27. The molecule has 1 heterocycles. The van der Waals surface area contributed by atoms with Crippen LogP contribution in [0.25, 0.3) is 10.6 Å². The summed E-state index contributed by atoms with van der Waals surface area (Å²) in [5.41, 5.74) is 2.60. The molecule has 3 rings (SSSR count). The molecule has 1 aromatic heterocycles. The summed E-state index contributed by atoms with van der Waals surface area (Å²) in [7, 11) is 3.18. The highest BCUT2D eigenvalue weighted by Crippen LogP contribution is 2.33. The fourth-order valence-electron chi connectivity index (χ4n) is 2.71. The summed E-state index contributed by atoms with van der Waals surface area (Å²) in [6, 6.07) is 11.9. The minimum atomic E-state index is -0.262. The summed E-state index contributed by atoms with van der Waals surface area (Å²) in [6.45, 7) is 0.497. The van der Waals surface area contributed by atoms with Crippen LogP contribution >= 0.6 is 11.3 Å². The first kappa shape index (κ1) is 19.8. The third kappa shape index (κ3) is 5.07. The zero-order valence-electron chi connectivity index (χ0n) is 15.7. The second kappa shape index (κ2) is 9.32. The number of carbonyl (C=O) groups is 1. The first-order valence-electron chi connectivity index (χ1n) is 8.77. The predicted molar refractivity (Wildman–Crippen MR) is 107 cm³/mol. The van der Waals surface area contributed by atoms with E-state index in [2.05, 4.69) is 10.3 Å². The quantitative estimate of drug-likeness (QED) is 0.624. The Balaban J connectivity index is 1.55. The van der Waals surface area contributed by atoms with Crippen molar-refractivity contribution in [1.29, 1.82) is 0 Å². The van der Waals surface area contributed by atoms with E-state index in [-0.39, 0.29) is 18.1 Å². The van der Waals surface area contributed by atoms with Crippen molar-refractivity contribution >= 4 is 17.2 Å². The molecule has 0 aliphatic carbocycles. The van der Waals surface area contributed by atoms with E-state index in [4.69, 9.17) is 9.47 Å². The highest BCUT2D eigenvalue weighted by Gasteiger charge is 2.11. The Morgan fingerprint density at radius 3 is 2.57 bits per heavy atom. The molecule has 0 radical (unpaired) electrons. The van der Waals surface area contributed by atoms with E-state index in [1.54, 1.807) is 26.4 Å². The average Bonchev–Trinajstić information content (AvgIpc) is 3.17. The summed E-state index contributed by atoms with van der Waals surface area (Å²) >= 11 is 1.48. The monoisotopic (exact) mass is 400 g/mol. The van der Waals surface area contributed by atoms with Crippen LogP contribution in [-0.2, 0) is 17.6 Å². The SMILES string of the molecule is COc1ccc(-c2nc(CC(=O)NCCc3ccc(F)cc3)cs2)cc1OC. The Bertz CT molecular complexity index is 941. The minimum Gasteiger partial charge on any atom is -0.493 e. The van der Waals surface area contributed by atoms with Crippen LogP contribution < -0.4 is 14.8 Å². The minimum absolute atomic E-state index is 0.0914. The van der Waals surface area contributed by atoms with Crippen LogP contribution in [0.4, 0.5) is 4.39 Å². The van der Waals surface area contributed by atoms with Gasteiger partial charge in [0.15, 0.2) is 11.5 Å². The van der Waals surface area contributed by atoms with Gasteiger partial charge in [-0.3, -0.25) is 4.79 Å². The van der Waals surface area contributed by atoms with E-state index in [0.29, 0.717) is 30.2 Å². The number of ether oxygens (including phenoxy) is 2. The van der Waals surface area contributed by atoms with Crippen molar-refractivity contribution in [2.75, 3.05) is 20.8 Å². The van der Waals surface area contributed by atoms with Gasteiger partial charge in [-0.25, -0.2) is 9.37 Å². The number of thiazole rings is 1. The molecule has 0 unspecified atom stereocenters. The molecule has 5 nitrogen and oxygen atoms in total. The summed E-state index contributed by atoms with van der Waals surface area (Å²) in [5.74, 6) is 0.937. The van der Waals surface area contributed by atoms with Crippen LogP contribution in [0.3, 0.4) is 0 Å². The van der Waals surface area contributed by atoms with Gasteiger partial charge in [-0.1, -0.05) is 12.1 Å². The standard InChI is InChI=1S/C21H21FN2O3S/c1-26-18-8-5-15(11-19(18)27-2)21-24-17(13-28-21)12-20(25)23-10-9-14-3-6-16(22)7-4-14/h3-8,11,13H,9-10,12H2,1-2H3,(H,23,25). The van der Waals surface area contributed by atoms with E-state index >= 15 is 0 Å². The summed E-state index contributed by atoms with van der Waals surface area (Å²) in [6.07, 6.45) is 0.868. The van der Waals surface area contributed by atoms with Gasteiger partial charge in [-0.15, -0.1) is 11.3 Å². The Morgan fingerprint density at radius 2 is 1.86 bits per heavy atom. The highest BCUT2D eigenvalue weighted by atomic mass is 32.1. The number of halogens is 1. The molecule has 28 heavy (non-hydrogen) atoms. The van der Waals surface area contributed by atoms with Crippen LogP contribution in [0.5, 0.6) is 11.5 Å². The van der Waals surface area contributed by atoms with Gasteiger partial charge in [0, 0.05) is 17.5 Å². The van der Waals surface area contributed by atoms with Gasteiger partial charge in [0.25, 0.3) is 0 Å². The van der Waals surface area contributed by atoms with Gasteiger partial charge in [-0.05, 0) is 42.3 Å². The first-order chi connectivity index (χ1) is 13.6. The maximum absolute atomic E-state index is 12.9. The molecule has 0 spiro atoms. The number of nitrogens with zero attached hydrogens (tertiary/aromatic N) is 1. The Hall–Kier alpha value is -2.93. The molecule has 1 amide bonds. The van der Waals surface area contributed by atoms with Gasteiger partial charge >= 0.3 is 0 Å². The van der Waals surface area contributed by atoms with Crippen molar-refractivity contribution in [3.05, 3.63) is 64.9 Å². The van der Waals surface area contributed by atoms with Crippen molar-refractivity contribution in [2.24, 2.45) is 0 Å². The van der Waals surface area contributed by atoms with Gasteiger partial charge in [-0.2, -0.15) is 0 Å². The zero-order chi connectivity index (χ0) is 19.9. The Morgan fingerprint density at radius 1 is 1.11 bits per heavy atom. The average molecular weight is 400 g/mol. The van der Waals surface area contributed by atoms with E-state index in [9.17, 15) is 9.18 Å². The Kier molecular flexibility index (Phi) is 6.60. The smallest absolute Gasteiger partial charge is 0.226 e. The van der Waals surface area contributed by atoms with Gasteiger partial charge in [0.2, 0.25) is 5.91 Å². The maximum atomic E-state index is 12.9. The summed E-state index contributed by atoms with van der Waals surface area (Å²) < 4.78 is 23.5. The van der Waals surface area contributed by atoms with Crippen LogP contribution in [0.2, 0.25) is 0 Å². The summed E-state index contributed by atoms with van der Waals surface area (Å²) in [4.78, 5) is 16.7. The Labute approximate surface area is 167 Å². The molecular formula is C21H21FN2O3S. The second-order valence-electron chi connectivity index (χ2n) is 6.12. The molecule has 7 heteroatoms. The lowest BCUT2D eigenvalue weighted by atomic mass is 10.1. The largest absolute Gasteiger partial charge is 0.493 e. The molecular weight excluding hydrogens is 379 g/mol. The van der Waals surface area contributed by atoms with Crippen LogP contribution in [0.1, 0.15) is 11.3 Å². The lowest BCUT2D eigenvalue weighted by molar-refractivity contribution is -0.120. The zero-order valence-corrected chi connectivity index (χ0v) is 16.5. The van der Waals surface area contributed by atoms with Crippen LogP contribution in [0, 0.1) is 5.82 Å². The van der Waals surface area contributed by atoms with E-state index < -0.39 is 0 Å². The molecule has 0 aliphatic heterocycles. The van der Waals surface area contributed by atoms with Crippen LogP contribution in [0.15, 0.2) is 47.8 Å². The number of aromatic nitrogens is 1. The number of amides is 1.